The molecule has 1 atom stereocenters. The number of amidine groups is 1. The van der Waals surface area contributed by atoms with Crippen LogP contribution in [0.1, 0.15) is 25.3 Å². The molecule has 0 radical (unpaired) electrons. The number of hydrogen-bond acceptors (Lipinski definition) is 4. The molecule has 0 fully saturated rings. The number of nitrogens with two attached hydrogens (primary N) is 1. The molecule has 0 aliphatic carbocycles. The molecule has 0 saturated carbocycles. The Morgan fingerprint density at radius 2 is 1.95 bits per heavy atom. The highest BCUT2D eigenvalue weighted by Crippen LogP contribution is 2.18. The SMILES string of the molecule is CC(C)c1ccc(OCC2=NC(=O)C(N)C(=O)N2)cc1. The summed E-state index contributed by atoms with van der Waals surface area (Å²) in [5.74, 6) is 0.0646. The molecule has 1 aliphatic heterocycles. The molecule has 1 heterocycles. The number of ether oxygens (including phenoxy) is 1. The molecule has 0 aromatic heterocycles. The van der Waals surface area contributed by atoms with Crippen LogP contribution in [0.2, 0.25) is 0 Å². The molecule has 2 amide bonds. The lowest BCUT2D eigenvalue weighted by molar-refractivity contribution is -0.129. The number of rotatable bonds is 4. The lowest BCUT2D eigenvalue weighted by Crippen LogP contribution is -2.53. The van der Waals surface area contributed by atoms with Crippen LogP contribution in [0.15, 0.2) is 29.3 Å². The minimum atomic E-state index is -1.22. The van der Waals surface area contributed by atoms with Gasteiger partial charge < -0.3 is 15.8 Å². The van der Waals surface area contributed by atoms with Crippen molar-refractivity contribution in [2.45, 2.75) is 25.8 Å². The highest BCUT2D eigenvalue weighted by molar-refractivity contribution is 6.18. The fraction of sp³-hybridized carbons (Fsp3) is 0.357. The van der Waals surface area contributed by atoms with Crippen LogP contribution in [-0.4, -0.2) is 30.3 Å². The summed E-state index contributed by atoms with van der Waals surface area (Å²) in [6.45, 7) is 4.24. The third kappa shape index (κ3) is 3.21. The lowest BCUT2D eigenvalue weighted by Gasteiger charge is -2.17. The van der Waals surface area contributed by atoms with Gasteiger partial charge in [0, 0.05) is 0 Å². The maximum absolute atomic E-state index is 11.4. The number of nitrogens with one attached hydrogen (secondary N) is 1. The summed E-state index contributed by atoms with van der Waals surface area (Å²) < 4.78 is 5.47. The van der Waals surface area contributed by atoms with E-state index in [9.17, 15) is 9.59 Å². The first-order valence-corrected chi connectivity index (χ1v) is 6.38. The molecule has 1 aromatic carbocycles. The first kappa shape index (κ1) is 14.2. The maximum atomic E-state index is 11.4. The Balaban J connectivity index is 1.97. The Morgan fingerprint density at radius 1 is 1.30 bits per heavy atom. The van der Waals surface area contributed by atoms with Crippen molar-refractivity contribution in [2.24, 2.45) is 10.7 Å². The second-order valence-electron chi connectivity index (χ2n) is 4.88. The van der Waals surface area contributed by atoms with Crippen LogP contribution in [0, 0.1) is 0 Å². The van der Waals surface area contributed by atoms with Gasteiger partial charge in [-0.25, -0.2) is 0 Å². The van der Waals surface area contributed by atoms with E-state index in [0.29, 0.717) is 11.7 Å². The number of carbonyl (C=O) groups is 2. The summed E-state index contributed by atoms with van der Waals surface area (Å²) in [7, 11) is 0. The van der Waals surface area contributed by atoms with Crippen molar-refractivity contribution in [1.29, 1.82) is 0 Å². The van der Waals surface area contributed by atoms with Crippen LogP contribution in [0.4, 0.5) is 0 Å². The van der Waals surface area contributed by atoms with Gasteiger partial charge in [-0.2, -0.15) is 4.99 Å². The van der Waals surface area contributed by atoms with Gasteiger partial charge in [0.15, 0.2) is 11.9 Å². The normalized spacial score (nSPS) is 18.8. The zero-order valence-electron chi connectivity index (χ0n) is 11.4. The van der Waals surface area contributed by atoms with Gasteiger partial charge in [-0.15, -0.1) is 0 Å². The monoisotopic (exact) mass is 275 g/mol. The van der Waals surface area contributed by atoms with E-state index in [1.54, 1.807) is 0 Å². The molecular formula is C14H17N3O3. The number of aliphatic imine (C=N–C) groups is 1. The fourth-order valence-corrected chi connectivity index (χ4v) is 1.73. The summed E-state index contributed by atoms with van der Waals surface area (Å²) in [6.07, 6.45) is 0. The predicted molar refractivity (Wildman–Crippen MR) is 74.6 cm³/mol. The molecule has 2 rings (SSSR count). The third-order valence-electron chi connectivity index (χ3n) is 2.98. The van der Waals surface area contributed by atoms with E-state index in [0.717, 1.165) is 0 Å². The smallest absolute Gasteiger partial charge is 0.274 e. The summed E-state index contributed by atoms with van der Waals surface area (Å²) in [4.78, 5) is 26.3. The zero-order valence-corrected chi connectivity index (χ0v) is 11.4. The number of amides is 2. The molecule has 1 aliphatic rings. The maximum Gasteiger partial charge on any atom is 0.274 e. The van der Waals surface area contributed by atoms with E-state index in [4.69, 9.17) is 10.5 Å². The molecule has 20 heavy (non-hydrogen) atoms. The highest BCUT2D eigenvalue weighted by atomic mass is 16.5. The van der Waals surface area contributed by atoms with Gasteiger partial charge in [-0.1, -0.05) is 26.0 Å². The molecule has 0 spiro atoms. The molecule has 1 aromatic rings. The van der Waals surface area contributed by atoms with Gasteiger partial charge in [0.2, 0.25) is 0 Å². The van der Waals surface area contributed by atoms with Gasteiger partial charge >= 0.3 is 0 Å². The van der Waals surface area contributed by atoms with Crippen LogP contribution in [-0.2, 0) is 9.59 Å². The lowest BCUT2D eigenvalue weighted by atomic mass is 10.0. The average molecular weight is 275 g/mol. The number of benzene rings is 1. The second kappa shape index (κ2) is 5.83. The summed E-state index contributed by atoms with van der Waals surface area (Å²) in [5.41, 5.74) is 6.54. The Hall–Kier alpha value is -2.21. The minimum absolute atomic E-state index is 0.0191. The number of nitrogens with zero attached hydrogens (tertiary/aromatic N) is 1. The van der Waals surface area contributed by atoms with E-state index >= 15 is 0 Å². The molecule has 0 bridgehead atoms. The standard InChI is InChI=1S/C14H17N3O3/c1-8(2)9-3-5-10(6-4-9)20-7-11-16-13(18)12(15)14(19)17-11/h3-6,8,12H,7,15H2,1-2H3,(H,16,17,18,19). The van der Waals surface area contributed by atoms with Gasteiger partial charge in [-0.3, -0.25) is 9.59 Å². The van der Waals surface area contributed by atoms with E-state index in [1.807, 2.05) is 24.3 Å². The average Bonchev–Trinajstić information content (AvgIpc) is 2.42. The van der Waals surface area contributed by atoms with Crippen LogP contribution < -0.4 is 15.8 Å². The van der Waals surface area contributed by atoms with Crippen LogP contribution in [0.5, 0.6) is 5.75 Å². The topological polar surface area (TPSA) is 93.8 Å². The van der Waals surface area contributed by atoms with Crippen molar-refractivity contribution in [3.8, 4) is 5.75 Å². The van der Waals surface area contributed by atoms with E-state index in [-0.39, 0.29) is 12.4 Å². The van der Waals surface area contributed by atoms with Gasteiger partial charge in [0.25, 0.3) is 11.8 Å². The van der Waals surface area contributed by atoms with Gasteiger partial charge in [0.05, 0.1) is 0 Å². The Morgan fingerprint density at radius 3 is 2.50 bits per heavy atom. The summed E-state index contributed by atoms with van der Waals surface area (Å²) in [5, 5.41) is 2.44. The minimum Gasteiger partial charge on any atom is -0.486 e. The summed E-state index contributed by atoms with van der Waals surface area (Å²) >= 11 is 0. The predicted octanol–water partition coefficient (Wildman–Crippen LogP) is 0.571. The Kier molecular flexibility index (Phi) is 4.14. The van der Waals surface area contributed by atoms with Crippen LogP contribution in [0.3, 0.4) is 0 Å². The zero-order chi connectivity index (χ0) is 14.7. The molecule has 3 N–H and O–H groups in total. The van der Waals surface area contributed by atoms with Crippen molar-refractivity contribution in [2.75, 3.05) is 6.61 Å². The highest BCUT2D eigenvalue weighted by Gasteiger charge is 2.28. The van der Waals surface area contributed by atoms with Crippen molar-refractivity contribution < 1.29 is 14.3 Å². The molecule has 6 heteroatoms. The van der Waals surface area contributed by atoms with Crippen LogP contribution >= 0.6 is 0 Å². The van der Waals surface area contributed by atoms with E-state index in [2.05, 4.69) is 24.2 Å². The molecule has 6 nitrogen and oxygen atoms in total. The van der Waals surface area contributed by atoms with Crippen molar-refractivity contribution in [3.63, 3.8) is 0 Å². The number of hydrogen-bond donors (Lipinski definition) is 2. The molecule has 0 saturated heterocycles. The second-order valence-corrected chi connectivity index (χ2v) is 4.88. The van der Waals surface area contributed by atoms with E-state index < -0.39 is 17.9 Å². The van der Waals surface area contributed by atoms with Gasteiger partial charge in [-0.05, 0) is 23.6 Å². The van der Waals surface area contributed by atoms with E-state index in [1.165, 1.54) is 5.56 Å². The third-order valence-corrected chi connectivity index (χ3v) is 2.98. The Bertz CT molecular complexity index is 549. The van der Waals surface area contributed by atoms with Crippen LogP contribution in [0.25, 0.3) is 0 Å². The largest absolute Gasteiger partial charge is 0.486 e. The quantitative estimate of drug-likeness (QED) is 0.786. The molecule has 1 unspecified atom stereocenters. The molecule has 106 valence electrons. The molecular weight excluding hydrogens is 258 g/mol. The summed E-state index contributed by atoms with van der Waals surface area (Å²) in [6, 6.07) is 6.41. The van der Waals surface area contributed by atoms with Crippen molar-refractivity contribution in [1.82, 2.24) is 5.32 Å². The van der Waals surface area contributed by atoms with Crippen molar-refractivity contribution >= 4 is 17.6 Å². The Labute approximate surface area is 117 Å². The van der Waals surface area contributed by atoms with Gasteiger partial charge in [0.1, 0.15) is 12.4 Å². The fourth-order valence-electron chi connectivity index (χ4n) is 1.73. The number of carbonyl (C=O) groups excluding carboxylic acids is 2. The van der Waals surface area contributed by atoms with Crippen molar-refractivity contribution in [3.05, 3.63) is 29.8 Å². The first-order valence-electron chi connectivity index (χ1n) is 6.38. The first-order chi connectivity index (χ1) is 9.47.